The number of nitrogens with zero attached hydrogens (tertiary/aromatic N) is 3. The number of anilines is 3. The fourth-order valence-electron chi connectivity index (χ4n) is 2.73. The van der Waals surface area contributed by atoms with E-state index in [2.05, 4.69) is 46.2 Å². The molecule has 0 spiro atoms. The zero-order valence-electron chi connectivity index (χ0n) is 15.3. The molecule has 0 amide bonds. The third-order valence-electron chi connectivity index (χ3n) is 4.05. The smallest absolute Gasteiger partial charge is 0.229 e. The Morgan fingerprint density at radius 3 is 2.35 bits per heavy atom. The number of benzene rings is 2. The van der Waals surface area contributed by atoms with Gasteiger partial charge in [-0.1, -0.05) is 30.3 Å². The summed E-state index contributed by atoms with van der Waals surface area (Å²) in [6.07, 6.45) is 0. The van der Waals surface area contributed by atoms with Crippen molar-refractivity contribution in [2.24, 2.45) is 0 Å². The van der Waals surface area contributed by atoms with Crippen molar-refractivity contribution in [3.05, 3.63) is 77.7 Å². The van der Waals surface area contributed by atoms with Crippen LogP contribution in [0, 0.1) is 12.7 Å². The van der Waals surface area contributed by atoms with Crippen LogP contribution < -0.4 is 10.2 Å². The maximum absolute atomic E-state index is 13.1. The number of nitrogens with one attached hydrogen (secondary N) is 1. The van der Waals surface area contributed by atoms with E-state index in [0.717, 1.165) is 23.7 Å². The molecule has 4 nitrogen and oxygen atoms in total. The van der Waals surface area contributed by atoms with Crippen LogP contribution in [0.25, 0.3) is 0 Å². The van der Waals surface area contributed by atoms with Gasteiger partial charge in [-0.25, -0.2) is 9.37 Å². The van der Waals surface area contributed by atoms with Gasteiger partial charge in [0, 0.05) is 30.0 Å². The predicted molar refractivity (Wildman–Crippen MR) is 104 cm³/mol. The molecule has 0 saturated carbocycles. The van der Waals surface area contributed by atoms with Gasteiger partial charge in [-0.3, -0.25) is 0 Å². The molecule has 1 N–H and O–H groups in total. The summed E-state index contributed by atoms with van der Waals surface area (Å²) in [6, 6.07) is 18.8. The second kappa shape index (κ2) is 7.95. The highest BCUT2D eigenvalue weighted by Gasteiger charge is 2.15. The molecular weight excluding hydrogens is 327 g/mol. The average molecular weight is 350 g/mol. The summed E-state index contributed by atoms with van der Waals surface area (Å²) in [5, 5.41) is 3.15. The molecule has 0 aliphatic rings. The van der Waals surface area contributed by atoms with Crippen molar-refractivity contribution in [2.75, 3.05) is 10.2 Å². The van der Waals surface area contributed by atoms with Crippen LogP contribution in [0.1, 0.15) is 25.1 Å². The third kappa shape index (κ3) is 4.57. The van der Waals surface area contributed by atoms with Gasteiger partial charge in [-0.2, -0.15) is 4.98 Å². The quantitative estimate of drug-likeness (QED) is 0.673. The van der Waals surface area contributed by atoms with Crippen molar-refractivity contribution < 1.29 is 4.39 Å². The van der Waals surface area contributed by atoms with E-state index in [1.54, 1.807) is 12.1 Å². The van der Waals surface area contributed by atoms with E-state index < -0.39 is 0 Å². The highest BCUT2D eigenvalue weighted by Crippen LogP contribution is 2.22. The minimum atomic E-state index is -0.268. The molecule has 1 aromatic heterocycles. The van der Waals surface area contributed by atoms with Crippen LogP contribution in [0.15, 0.2) is 60.7 Å². The first kappa shape index (κ1) is 17.9. The first-order valence-electron chi connectivity index (χ1n) is 8.70. The number of aromatic nitrogens is 2. The topological polar surface area (TPSA) is 41.1 Å². The van der Waals surface area contributed by atoms with Crippen LogP contribution >= 0.6 is 0 Å². The van der Waals surface area contributed by atoms with Gasteiger partial charge in [-0.15, -0.1) is 0 Å². The Labute approximate surface area is 153 Å². The van der Waals surface area contributed by atoms with Crippen LogP contribution in [-0.2, 0) is 6.54 Å². The van der Waals surface area contributed by atoms with Crippen LogP contribution in [0.2, 0.25) is 0 Å². The van der Waals surface area contributed by atoms with E-state index in [1.165, 1.54) is 17.7 Å². The molecule has 26 heavy (non-hydrogen) atoms. The summed E-state index contributed by atoms with van der Waals surface area (Å²) in [4.78, 5) is 11.4. The zero-order chi connectivity index (χ0) is 18.5. The highest BCUT2D eigenvalue weighted by atomic mass is 19.1. The second-order valence-electron chi connectivity index (χ2n) is 6.53. The fourth-order valence-corrected chi connectivity index (χ4v) is 2.73. The Kier molecular flexibility index (Phi) is 5.46. The van der Waals surface area contributed by atoms with Crippen molar-refractivity contribution in [3.8, 4) is 0 Å². The van der Waals surface area contributed by atoms with Gasteiger partial charge in [0.1, 0.15) is 11.6 Å². The molecule has 134 valence electrons. The van der Waals surface area contributed by atoms with Crippen molar-refractivity contribution in [2.45, 2.75) is 33.4 Å². The van der Waals surface area contributed by atoms with Crippen LogP contribution in [0.5, 0.6) is 0 Å². The normalized spacial score (nSPS) is 10.8. The van der Waals surface area contributed by atoms with Gasteiger partial charge in [0.15, 0.2) is 0 Å². The Morgan fingerprint density at radius 1 is 1.00 bits per heavy atom. The van der Waals surface area contributed by atoms with Gasteiger partial charge in [-0.05, 0) is 50.6 Å². The van der Waals surface area contributed by atoms with Gasteiger partial charge in [0.2, 0.25) is 5.95 Å². The van der Waals surface area contributed by atoms with Gasteiger partial charge < -0.3 is 10.2 Å². The summed E-state index contributed by atoms with van der Waals surface area (Å²) in [6.45, 7) is 7.01. The maximum atomic E-state index is 13.1. The Bertz CT molecular complexity index is 848. The maximum Gasteiger partial charge on any atom is 0.229 e. The van der Waals surface area contributed by atoms with Gasteiger partial charge in [0.05, 0.1) is 0 Å². The molecule has 5 heteroatoms. The highest BCUT2D eigenvalue weighted by molar-refractivity contribution is 5.55. The number of hydrogen-bond acceptors (Lipinski definition) is 4. The molecule has 2 aromatic carbocycles. The summed E-state index contributed by atoms with van der Waals surface area (Å²) in [5.74, 6) is 1.10. The lowest BCUT2D eigenvalue weighted by Crippen LogP contribution is -2.31. The molecule has 0 saturated heterocycles. The molecule has 3 rings (SSSR count). The first-order valence-corrected chi connectivity index (χ1v) is 8.70. The molecule has 0 radical (unpaired) electrons. The number of aryl methyl sites for hydroxylation is 1. The third-order valence-corrected chi connectivity index (χ3v) is 4.05. The van der Waals surface area contributed by atoms with Crippen molar-refractivity contribution >= 4 is 17.5 Å². The molecule has 0 unspecified atom stereocenters. The molecule has 0 atom stereocenters. The fraction of sp³-hybridized carbons (Fsp3) is 0.238. The molecule has 0 aliphatic carbocycles. The lowest BCUT2D eigenvalue weighted by molar-refractivity contribution is 0.628. The molecule has 0 bridgehead atoms. The molecule has 1 heterocycles. The first-order chi connectivity index (χ1) is 12.5. The van der Waals surface area contributed by atoms with Crippen LogP contribution in [0.4, 0.5) is 21.8 Å². The van der Waals surface area contributed by atoms with Gasteiger partial charge >= 0.3 is 0 Å². The average Bonchev–Trinajstić information content (AvgIpc) is 2.62. The van der Waals surface area contributed by atoms with Crippen LogP contribution in [0.3, 0.4) is 0 Å². The van der Waals surface area contributed by atoms with E-state index >= 15 is 0 Å². The molecule has 0 aliphatic heterocycles. The van der Waals surface area contributed by atoms with Crippen molar-refractivity contribution in [3.63, 3.8) is 0 Å². The van der Waals surface area contributed by atoms with E-state index in [9.17, 15) is 4.39 Å². The van der Waals surface area contributed by atoms with E-state index in [0.29, 0.717) is 5.95 Å². The molecule has 3 aromatic rings. The van der Waals surface area contributed by atoms with E-state index in [-0.39, 0.29) is 11.9 Å². The standard InChI is InChI=1S/C21H23FN4/c1-15(2)26(14-17-7-5-4-6-8-17)20-13-16(3)23-21(25-20)24-19-11-9-18(22)10-12-19/h4-13,15H,14H2,1-3H3,(H,23,24,25). The largest absolute Gasteiger partial charge is 0.350 e. The minimum Gasteiger partial charge on any atom is -0.350 e. The number of halogens is 1. The Hall–Kier alpha value is -2.95. The lowest BCUT2D eigenvalue weighted by Gasteiger charge is -2.28. The Balaban J connectivity index is 1.87. The summed E-state index contributed by atoms with van der Waals surface area (Å²) < 4.78 is 13.1. The number of hydrogen-bond donors (Lipinski definition) is 1. The minimum absolute atomic E-state index is 0.268. The van der Waals surface area contributed by atoms with E-state index in [4.69, 9.17) is 0 Å². The summed E-state index contributed by atoms with van der Waals surface area (Å²) in [5.41, 5.74) is 2.85. The summed E-state index contributed by atoms with van der Waals surface area (Å²) >= 11 is 0. The molecule has 0 fully saturated rings. The molecular formula is C21H23FN4. The monoisotopic (exact) mass is 350 g/mol. The SMILES string of the molecule is Cc1cc(N(Cc2ccccc2)C(C)C)nc(Nc2ccc(F)cc2)n1. The summed E-state index contributed by atoms with van der Waals surface area (Å²) in [7, 11) is 0. The Morgan fingerprint density at radius 2 is 1.69 bits per heavy atom. The van der Waals surface area contributed by atoms with E-state index in [1.807, 2.05) is 31.2 Å². The zero-order valence-corrected chi connectivity index (χ0v) is 15.3. The van der Waals surface area contributed by atoms with Gasteiger partial charge in [0.25, 0.3) is 0 Å². The number of rotatable bonds is 6. The lowest BCUT2D eigenvalue weighted by atomic mass is 10.2. The van der Waals surface area contributed by atoms with Crippen molar-refractivity contribution in [1.82, 2.24) is 9.97 Å². The second-order valence-corrected chi connectivity index (χ2v) is 6.53. The predicted octanol–water partition coefficient (Wildman–Crippen LogP) is 5.08. The van der Waals surface area contributed by atoms with Crippen LogP contribution in [-0.4, -0.2) is 16.0 Å². The van der Waals surface area contributed by atoms with Crippen molar-refractivity contribution in [1.29, 1.82) is 0 Å².